The fourth-order valence-electron chi connectivity index (χ4n) is 5.23. The number of rotatable bonds is 4. The molecule has 2 aromatic heterocycles. The zero-order valence-electron chi connectivity index (χ0n) is 20.6. The molecule has 1 saturated carbocycles. The molecule has 200 valence electrons. The summed E-state index contributed by atoms with van der Waals surface area (Å²) in [6, 6.07) is 17.0. The second-order valence-electron chi connectivity index (χ2n) is 9.72. The minimum absolute atomic E-state index is 0.00177. The van der Waals surface area contributed by atoms with E-state index in [0.29, 0.717) is 5.69 Å². The van der Waals surface area contributed by atoms with E-state index in [0.717, 1.165) is 24.1 Å². The molecule has 6 rings (SSSR count). The summed E-state index contributed by atoms with van der Waals surface area (Å²) < 4.78 is 42.6. The molecule has 0 saturated heterocycles. The first-order valence-electron chi connectivity index (χ1n) is 12.5. The number of anilines is 1. The van der Waals surface area contributed by atoms with Gasteiger partial charge in [-0.3, -0.25) is 14.1 Å². The van der Waals surface area contributed by atoms with Crippen LogP contribution in [0.4, 0.5) is 23.7 Å². The summed E-state index contributed by atoms with van der Waals surface area (Å²) in [5, 5.41) is 13.7. The second-order valence-corrected chi connectivity index (χ2v) is 9.72. The number of alkyl halides is 3. The summed E-state index contributed by atoms with van der Waals surface area (Å²) in [6.45, 7) is 0.425. The fourth-order valence-corrected chi connectivity index (χ4v) is 5.23. The topological polar surface area (TPSA) is 92.4 Å². The monoisotopic (exact) mass is 535 g/mol. The lowest BCUT2D eigenvalue weighted by Crippen LogP contribution is -2.42. The van der Waals surface area contributed by atoms with Gasteiger partial charge in [0.25, 0.3) is 0 Å². The molecule has 8 nitrogen and oxygen atoms in total. The van der Waals surface area contributed by atoms with Crippen LogP contribution in [-0.2, 0) is 19.3 Å². The fraction of sp³-hybridized carbons (Fsp3) is 0.250. The molecule has 11 heteroatoms. The zero-order chi connectivity index (χ0) is 27.3. The summed E-state index contributed by atoms with van der Waals surface area (Å²) in [7, 11) is 0. The number of hydrogen-bond acceptors (Lipinski definition) is 4. The standard InChI is InChI=1S/C28H24F3N5O3/c29-28(30,31)19-9-4-8-18(14-19)24-21(10-5-11-32-24)33-26(38)34-12-13-35-23(16-34)25(37)36(27(35)39)22-15-20(22)17-6-2-1-3-7-17/h1-11,14,20,22,37H,12-13,15-16H2,(H,33,38)/t20-,22+/m1/s1. The Hall–Kier alpha value is -4.54. The molecule has 1 aliphatic carbocycles. The third kappa shape index (κ3) is 4.53. The molecule has 2 N–H and O–H groups in total. The van der Waals surface area contributed by atoms with E-state index in [1.165, 1.54) is 32.4 Å². The SMILES string of the molecule is O=C(Nc1cccnc1-c1cccc(C(F)(F)F)c1)N1CCn2c(c(O)n([C@H]3C[C@@H]3c3ccccc3)c2=O)C1. The minimum atomic E-state index is -4.52. The van der Waals surface area contributed by atoms with E-state index in [2.05, 4.69) is 10.3 Å². The maximum absolute atomic E-state index is 13.2. The molecule has 1 fully saturated rings. The van der Waals surface area contributed by atoms with Crippen LogP contribution in [0.15, 0.2) is 77.7 Å². The van der Waals surface area contributed by atoms with Gasteiger partial charge >= 0.3 is 17.9 Å². The van der Waals surface area contributed by atoms with Crippen molar-refractivity contribution in [1.82, 2.24) is 19.0 Å². The predicted octanol–water partition coefficient (Wildman–Crippen LogP) is 5.21. The number of halogens is 3. The number of fused-ring (bicyclic) bond motifs is 1. The number of amides is 2. The van der Waals surface area contributed by atoms with Crippen molar-refractivity contribution in [2.24, 2.45) is 0 Å². The van der Waals surface area contributed by atoms with Gasteiger partial charge in [0.1, 0.15) is 5.69 Å². The molecule has 39 heavy (non-hydrogen) atoms. The van der Waals surface area contributed by atoms with Crippen LogP contribution in [0, 0.1) is 0 Å². The molecule has 0 bridgehead atoms. The maximum atomic E-state index is 13.2. The molecule has 0 radical (unpaired) electrons. The van der Waals surface area contributed by atoms with Gasteiger partial charge in [-0.25, -0.2) is 9.59 Å². The van der Waals surface area contributed by atoms with Crippen LogP contribution in [0.25, 0.3) is 11.3 Å². The number of carbonyl (C=O) groups is 1. The lowest BCUT2D eigenvalue weighted by atomic mass is 10.1. The Labute approximate surface area is 221 Å². The van der Waals surface area contributed by atoms with Gasteiger partial charge in [-0.2, -0.15) is 13.2 Å². The smallest absolute Gasteiger partial charge is 0.416 e. The normalized spacial score (nSPS) is 18.5. The molecule has 2 aliphatic rings. The number of aromatic nitrogens is 3. The Morgan fingerprint density at radius 3 is 2.59 bits per heavy atom. The Bertz CT molecular complexity index is 1610. The summed E-state index contributed by atoms with van der Waals surface area (Å²) in [5.41, 5.74) is 0.986. The van der Waals surface area contributed by atoms with Crippen molar-refractivity contribution in [3.8, 4) is 17.1 Å². The molecule has 0 unspecified atom stereocenters. The number of nitrogens with zero attached hydrogens (tertiary/aromatic N) is 4. The number of nitrogens with one attached hydrogen (secondary N) is 1. The van der Waals surface area contributed by atoms with E-state index in [-0.39, 0.29) is 60.1 Å². The van der Waals surface area contributed by atoms with Crippen molar-refractivity contribution in [3.63, 3.8) is 0 Å². The molecule has 3 heterocycles. The first-order valence-corrected chi connectivity index (χ1v) is 12.5. The molecule has 0 spiro atoms. The number of pyridine rings is 1. The Kier molecular flexibility index (Phi) is 5.93. The van der Waals surface area contributed by atoms with Crippen LogP contribution >= 0.6 is 0 Å². The molecular weight excluding hydrogens is 511 g/mol. The van der Waals surface area contributed by atoms with Crippen molar-refractivity contribution in [3.05, 3.63) is 100 Å². The summed E-state index contributed by atoms with van der Waals surface area (Å²) in [6.07, 6.45) is -2.34. The van der Waals surface area contributed by atoms with Crippen LogP contribution in [0.2, 0.25) is 0 Å². The van der Waals surface area contributed by atoms with Crippen molar-refractivity contribution >= 4 is 11.7 Å². The lowest BCUT2D eigenvalue weighted by Gasteiger charge is -2.28. The van der Waals surface area contributed by atoms with Gasteiger partial charge in [0.05, 0.1) is 23.5 Å². The highest BCUT2D eigenvalue weighted by Crippen LogP contribution is 2.52. The molecule has 4 aromatic rings. The van der Waals surface area contributed by atoms with Gasteiger partial charge in [0.15, 0.2) is 0 Å². The molecular formula is C28H24F3N5O3. The quantitative estimate of drug-likeness (QED) is 0.375. The highest BCUT2D eigenvalue weighted by atomic mass is 19.4. The number of carbonyl (C=O) groups excluding carboxylic acids is 1. The van der Waals surface area contributed by atoms with Crippen LogP contribution < -0.4 is 11.0 Å². The number of urea groups is 1. The third-order valence-electron chi connectivity index (χ3n) is 7.30. The number of imidazole rings is 1. The Balaban J connectivity index is 1.22. The van der Waals surface area contributed by atoms with Crippen molar-refractivity contribution in [1.29, 1.82) is 0 Å². The Morgan fingerprint density at radius 1 is 1.03 bits per heavy atom. The van der Waals surface area contributed by atoms with Gasteiger partial charge in [0.2, 0.25) is 5.88 Å². The van der Waals surface area contributed by atoms with Crippen molar-refractivity contribution < 1.29 is 23.1 Å². The molecule has 2 aromatic carbocycles. The largest absolute Gasteiger partial charge is 0.493 e. The average Bonchev–Trinajstić information content (AvgIpc) is 3.69. The number of benzene rings is 2. The second kappa shape index (κ2) is 9.33. The summed E-state index contributed by atoms with van der Waals surface area (Å²) >= 11 is 0. The molecule has 1 aliphatic heterocycles. The first kappa shape index (κ1) is 24.8. The van der Waals surface area contributed by atoms with Crippen LogP contribution in [-0.4, -0.2) is 36.7 Å². The zero-order valence-corrected chi connectivity index (χ0v) is 20.6. The first-order chi connectivity index (χ1) is 18.7. The predicted molar refractivity (Wildman–Crippen MR) is 137 cm³/mol. The van der Waals surface area contributed by atoms with Gasteiger partial charge in [0, 0.05) is 36.8 Å². The highest BCUT2D eigenvalue weighted by Gasteiger charge is 2.44. The highest BCUT2D eigenvalue weighted by molar-refractivity contribution is 5.93. The van der Waals surface area contributed by atoms with E-state index >= 15 is 0 Å². The summed E-state index contributed by atoms with van der Waals surface area (Å²) in [4.78, 5) is 32.0. The number of hydrogen-bond donors (Lipinski definition) is 2. The van der Waals surface area contributed by atoms with E-state index in [4.69, 9.17) is 0 Å². The lowest BCUT2D eigenvalue weighted by molar-refractivity contribution is -0.137. The molecule has 2 atom stereocenters. The van der Waals surface area contributed by atoms with Gasteiger partial charge in [-0.15, -0.1) is 0 Å². The summed E-state index contributed by atoms with van der Waals surface area (Å²) in [5.74, 6) is -0.00883. The van der Waals surface area contributed by atoms with Crippen LogP contribution in [0.3, 0.4) is 0 Å². The van der Waals surface area contributed by atoms with E-state index in [1.54, 1.807) is 12.1 Å². The van der Waals surface area contributed by atoms with E-state index < -0.39 is 17.8 Å². The minimum Gasteiger partial charge on any atom is -0.493 e. The molecule has 2 amide bonds. The van der Waals surface area contributed by atoms with Crippen LogP contribution in [0.1, 0.15) is 35.2 Å². The van der Waals surface area contributed by atoms with Crippen LogP contribution in [0.5, 0.6) is 5.88 Å². The number of aromatic hydroxyl groups is 1. The van der Waals surface area contributed by atoms with Gasteiger partial charge < -0.3 is 15.3 Å². The van der Waals surface area contributed by atoms with E-state index in [9.17, 15) is 27.9 Å². The maximum Gasteiger partial charge on any atom is 0.416 e. The van der Waals surface area contributed by atoms with Gasteiger partial charge in [-0.1, -0.05) is 42.5 Å². The van der Waals surface area contributed by atoms with Gasteiger partial charge in [-0.05, 0) is 36.2 Å². The van der Waals surface area contributed by atoms with E-state index in [1.807, 2.05) is 30.3 Å². The van der Waals surface area contributed by atoms with Crippen molar-refractivity contribution in [2.75, 3.05) is 11.9 Å². The third-order valence-corrected chi connectivity index (χ3v) is 7.30. The van der Waals surface area contributed by atoms with Crippen molar-refractivity contribution in [2.45, 2.75) is 37.6 Å². The average molecular weight is 536 g/mol. The Morgan fingerprint density at radius 2 is 1.82 bits per heavy atom.